The van der Waals surface area contributed by atoms with Gasteiger partial charge < -0.3 is 11.5 Å². The summed E-state index contributed by atoms with van der Waals surface area (Å²) in [5, 5.41) is 4.88. The van der Waals surface area contributed by atoms with Gasteiger partial charge in [0.1, 0.15) is 6.17 Å². The molecule has 0 fully saturated rings. The van der Waals surface area contributed by atoms with E-state index in [4.69, 9.17) is 16.8 Å². The summed E-state index contributed by atoms with van der Waals surface area (Å²) in [7, 11) is 0. The van der Waals surface area contributed by atoms with Gasteiger partial charge in [0.25, 0.3) is 0 Å². The van der Waals surface area contributed by atoms with Gasteiger partial charge in [0, 0.05) is 38.1 Å². The second-order valence-electron chi connectivity index (χ2n) is 6.54. The van der Waals surface area contributed by atoms with E-state index in [1.54, 1.807) is 0 Å². The molecule has 23 heavy (non-hydrogen) atoms. The summed E-state index contributed by atoms with van der Waals surface area (Å²) in [5.41, 5.74) is 17.5. The fourth-order valence-electron chi connectivity index (χ4n) is 3.94. The highest BCUT2D eigenvalue weighted by Crippen LogP contribution is 2.36. The second kappa shape index (κ2) is 6.06. The van der Waals surface area contributed by atoms with Gasteiger partial charge in [0.05, 0.1) is 0 Å². The standard InChI is InChI=1S/C19H23N4/c20-9-14-12-23(11-13-5-1-2-6-15(13)14)19-17-8-4-3-7-16(17)18(21)10-22-19/h1-8,14,18-19H,9-12,20-21H2. The Labute approximate surface area is 137 Å². The van der Waals surface area contributed by atoms with Crippen molar-refractivity contribution in [3.8, 4) is 0 Å². The highest BCUT2D eigenvalue weighted by atomic mass is 15.3. The zero-order chi connectivity index (χ0) is 15.8. The van der Waals surface area contributed by atoms with E-state index in [1.165, 1.54) is 22.3 Å². The van der Waals surface area contributed by atoms with Gasteiger partial charge in [0.2, 0.25) is 0 Å². The molecule has 2 aliphatic rings. The number of hydrogen-bond acceptors (Lipinski definition) is 3. The first-order chi connectivity index (χ1) is 11.3. The van der Waals surface area contributed by atoms with E-state index in [0.717, 1.165) is 13.1 Å². The monoisotopic (exact) mass is 307 g/mol. The van der Waals surface area contributed by atoms with Crippen LogP contribution in [0.15, 0.2) is 48.5 Å². The van der Waals surface area contributed by atoms with Crippen LogP contribution in [-0.2, 0) is 6.54 Å². The van der Waals surface area contributed by atoms with Crippen molar-refractivity contribution in [1.82, 2.24) is 10.2 Å². The van der Waals surface area contributed by atoms with E-state index in [-0.39, 0.29) is 12.2 Å². The van der Waals surface area contributed by atoms with E-state index >= 15 is 0 Å². The third kappa shape index (κ3) is 2.58. The molecule has 0 bridgehead atoms. The summed E-state index contributed by atoms with van der Waals surface area (Å²) < 4.78 is 0. The normalized spacial score (nSPS) is 27.3. The minimum atomic E-state index is 0.0184. The van der Waals surface area contributed by atoms with Gasteiger partial charge in [-0.2, -0.15) is 0 Å². The van der Waals surface area contributed by atoms with Gasteiger partial charge in [-0.3, -0.25) is 4.90 Å². The van der Waals surface area contributed by atoms with Gasteiger partial charge in [0.15, 0.2) is 0 Å². The Morgan fingerprint density at radius 1 is 1.00 bits per heavy atom. The van der Waals surface area contributed by atoms with Crippen LogP contribution in [0, 0.1) is 0 Å². The molecule has 2 aromatic carbocycles. The molecule has 4 N–H and O–H groups in total. The zero-order valence-electron chi connectivity index (χ0n) is 13.2. The first-order valence-electron chi connectivity index (χ1n) is 8.31. The Hall–Kier alpha value is -1.72. The molecule has 3 unspecified atom stereocenters. The van der Waals surface area contributed by atoms with E-state index in [0.29, 0.717) is 19.0 Å². The number of benzene rings is 2. The third-order valence-corrected chi connectivity index (χ3v) is 5.10. The van der Waals surface area contributed by atoms with Crippen molar-refractivity contribution in [1.29, 1.82) is 0 Å². The van der Waals surface area contributed by atoms with Gasteiger partial charge in [-0.25, -0.2) is 5.32 Å². The molecule has 0 amide bonds. The molecule has 4 rings (SSSR count). The molecule has 0 aliphatic carbocycles. The molecule has 0 saturated carbocycles. The van der Waals surface area contributed by atoms with E-state index in [9.17, 15) is 0 Å². The summed E-state index contributed by atoms with van der Waals surface area (Å²) >= 11 is 0. The van der Waals surface area contributed by atoms with Crippen LogP contribution in [0.4, 0.5) is 0 Å². The summed E-state index contributed by atoms with van der Waals surface area (Å²) in [6, 6.07) is 17.1. The molecule has 0 aromatic heterocycles. The largest absolute Gasteiger partial charge is 0.330 e. The summed E-state index contributed by atoms with van der Waals surface area (Å²) in [6.45, 7) is 3.23. The highest BCUT2D eigenvalue weighted by Gasteiger charge is 2.34. The molecular weight excluding hydrogens is 284 g/mol. The van der Waals surface area contributed by atoms with Crippen LogP contribution in [0.3, 0.4) is 0 Å². The number of hydrogen-bond donors (Lipinski definition) is 2. The molecule has 0 saturated heterocycles. The first kappa shape index (κ1) is 14.8. The lowest BCUT2D eigenvalue weighted by molar-refractivity contribution is 0.123. The lowest BCUT2D eigenvalue weighted by Gasteiger charge is -2.42. The molecule has 4 heteroatoms. The van der Waals surface area contributed by atoms with Gasteiger partial charge in [-0.15, -0.1) is 0 Å². The molecule has 119 valence electrons. The smallest absolute Gasteiger partial charge is 0.103 e. The van der Waals surface area contributed by atoms with Crippen molar-refractivity contribution in [2.45, 2.75) is 24.7 Å². The van der Waals surface area contributed by atoms with Gasteiger partial charge in [-0.05, 0) is 22.3 Å². The van der Waals surface area contributed by atoms with E-state index in [2.05, 4.69) is 53.4 Å². The molecule has 4 nitrogen and oxygen atoms in total. The third-order valence-electron chi connectivity index (χ3n) is 5.10. The minimum Gasteiger partial charge on any atom is -0.330 e. The first-order valence-corrected chi connectivity index (χ1v) is 8.31. The summed E-state index contributed by atoms with van der Waals surface area (Å²) in [4.78, 5) is 2.45. The van der Waals surface area contributed by atoms with Crippen molar-refractivity contribution in [3.63, 3.8) is 0 Å². The lowest BCUT2D eigenvalue weighted by Crippen LogP contribution is -2.45. The van der Waals surface area contributed by atoms with Crippen molar-refractivity contribution < 1.29 is 0 Å². The van der Waals surface area contributed by atoms with Crippen LogP contribution in [0.2, 0.25) is 0 Å². The number of nitrogens with two attached hydrogens (primary N) is 2. The number of fused-ring (bicyclic) bond motifs is 2. The average Bonchev–Trinajstić information content (AvgIpc) is 2.61. The Bertz CT molecular complexity index is 699. The van der Waals surface area contributed by atoms with Gasteiger partial charge in [-0.1, -0.05) is 48.5 Å². The van der Waals surface area contributed by atoms with Crippen molar-refractivity contribution >= 4 is 0 Å². The number of rotatable bonds is 2. The molecule has 2 aliphatic heterocycles. The Balaban J connectivity index is 1.69. The Morgan fingerprint density at radius 2 is 1.70 bits per heavy atom. The van der Waals surface area contributed by atoms with Crippen LogP contribution in [-0.4, -0.2) is 24.5 Å². The maximum absolute atomic E-state index is 6.24. The van der Waals surface area contributed by atoms with Crippen LogP contribution in [0.25, 0.3) is 0 Å². The zero-order valence-corrected chi connectivity index (χ0v) is 13.2. The van der Waals surface area contributed by atoms with Gasteiger partial charge >= 0.3 is 0 Å². The average molecular weight is 307 g/mol. The summed E-state index contributed by atoms with van der Waals surface area (Å²) in [5.74, 6) is 0.373. The van der Waals surface area contributed by atoms with Crippen LogP contribution in [0.5, 0.6) is 0 Å². The molecule has 0 spiro atoms. The molecule has 2 aromatic rings. The van der Waals surface area contributed by atoms with Crippen molar-refractivity contribution in [2.24, 2.45) is 11.5 Å². The summed E-state index contributed by atoms with van der Waals surface area (Å²) in [6.07, 6.45) is 0.0911. The second-order valence-corrected chi connectivity index (χ2v) is 6.54. The van der Waals surface area contributed by atoms with Crippen LogP contribution < -0.4 is 16.8 Å². The molecular formula is C19H23N4. The molecule has 3 atom stereocenters. The maximum atomic E-state index is 6.24. The molecule has 2 heterocycles. The predicted molar refractivity (Wildman–Crippen MR) is 91.8 cm³/mol. The Kier molecular flexibility index (Phi) is 3.91. The van der Waals surface area contributed by atoms with Crippen molar-refractivity contribution in [2.75, 3.05) is 19.6 Å². The van der Waals surface area contributed by atoms with E-state index in [1.807, 2.05) is 0 Å². The van der Waals surface area contributed by atoms with Crippen molar-refractivity contribution in [3.05, 3.63) is 70.8 Å². The van der Waals surface area contributed by atoms with Crippen LogP contribution in [0.1, 0.15) is 40.4 Å². The highest BCUT2D eigenvalue weighted by molar-refractivity contribution is 5.37. The molecule has 1 radical (unpaired) electrons. The topological polar surface area (TPSA) is 69.4 Å². The number of nitrogens with zero attached hydrogens (tertiary/aromatic N) is 2. The lowest BCUT2D eigenvalue weighted by atomic mass is 9.87. The fourth-order valence-corrected chi connectivity index (χ4v) is 3.94. The maximum Gasteiger partial charge on any atom is 0.103 e. The van der Waals surface area contributed by atoms with E-state index < -0.39 is 0 Å². The fraction of sp³-hybridized carbons (Fsp3) is 0.368. The quantitative estimate of drug-likeness (QED) is 0.890. The minimum absolute atomic E-state index is 0.0184. The SMILES string of the molecule is NCC1CN(C2[N]CC(N)c3ccccc32)Cc2ccccc21. The predicted octanol–water partition coefficient (Wildman–Crippen LogP) is 1.86. The van der Waals surface area contributed by atoms with Crippen LogP contribution >= 0.6 is 0 Å². The Morgan fingerprint density at radius 3 is 2.48 bits per heavy atom.